The van der Waals surface area contributed by atoms with Crippen molar-refractivity contribution in [1.29, 1.82) is 0 Å². The fraction of sp³-hybridized carbons (Fsp3) is 0.550. The Bertz CT molecular complexity index is 829. The van der Waals surface area contributed by atoms with E-state index in [1.165, 1.54) is 0 Å². The van der Waals surface area contributed by atoms with E-state index in [2.05, 4.69) is 10.3 Å². The van der Waals surface area contributed by atoms with Gasteiger partial charge in [0.15, 0.2) is 0 Å². The highest BCUT2D eigenvalue weighted by molar-refractivity contribution is 5.82. The molecule has 1 N–H and O–H groups in total. The quantitative estimate of drug-likeness (QED) is 0.894. The number of nitrogens with one attached hydrogen (secondary N) is 1. The lowest BCUT2D eigenvalue weighted by atomic mass is 10.1. The molecule has 1 saturated heterocycles. The molecule has 1 aliphatic rings. The van der Waals surface area contributed by atoms with E-state index >= 15 is 0 Å². The highest BCUT2D eigenvalue weighted by Crippen LogP contribution is 2.17. The zero-order valence-corrected chi connectivity index (χ0v) is 16.5. The predicted molar refractivity (Wildman–Crippen MR) is 106 cm³/mol. The topological polar surface area (TPSA) is 70.5 Å². The number of nitrogens with zero attached hydrogens (tertiary/aromatic N) is 4. The average molecular weight is 371 g/mol. The van der Waals surface area contributed by atoms with Gasteiger partial charge in [0.1, 0.15) is 5.82 Å². The fourth-order valence-electron chi connectivity index (χ4n) is 3.48. The lowest BCUT2D eigenvalue weighted by molar-refractivity contribution is -0.130. The third-order valence-electron chi connectivity index (χ3n) is 5.19. The molecule has 1 aliphatic heterocycles. The van der Waals surface area contributed by atoms with Crippen LogP contribution >= 0.6 is 0 Å². The third-order valence-corrected chi connectivity index (χ3v) is 5.19. The number of hydrogen-bond donors (Lipinski definition) is 1. The van der Waals surface area contributed by atoms with Gasteiger partial charge in [0, 0.05) is 39.8 Å². The van der Waals surface area contributed by atoms with Crippen LogP contribution in [-0.4, -0.2) is 64.0 Å². The van der Waals surface area contributed by atoms with Crippen molar-refractivity contribution < 1.29 is 9.59 Å². The minimum absolute atomic E-state index is 0.0258. The maximum Gasteiger partial charge on any atom is 0.317 e. The average Bonchev–Trinajstić information content (AvgIpc) is 2.83. The molecule has 7 heteroatoms. The van der Waals surface area contributed by atoms with E-state index in [1.807, 2.05) is 53.5 Å². The number of imidazole rings is 1. The van der Waals surface area contributed by atoms with Crippen molar-refractivity contribution in [1.82, 2.24) is 24.7 Å². The summed E-state index contributed by atoms with van der Waals surface area (Å²) in [6.45, 7) is 7.26. The second-order valence-corrected chi connectivity index (χ2v) is 7.17. The van der Waals surface area contributed by atoms with Crippen LogP contribution in [0.3, 0.4) is 0 Å². The predicted octanol–water partition coefficient (Wildman–Crippen LogP) is 2.08. The maximum atomic E-state index is 12.8. The second-order valence-electron chi connectivity index (χ2n) is 7.17. The molecule has 0 radical (unpaired) electrons. The van der Waals surface area contributed by atoms with Gasteiger partial charge in [-0.05, 0) is 37.5 Å². The van der Waals surface area contributed by atoms with Crippen LogP contribution in [0, 0.1) is 6.92 Å². The Morgan fingerprint density at radius 2 is 1.89 bits per heavy atom. The molecule has 1 aromatic carbocycles. The molecular formula is C20H29N5O2. The van der Waals surface area contributed by atoms with Crippen LogP contribution in [0.1, 0.15) is 31.2 Å². The first-order valence-electron chi connectivity index (χ1n) is 9.72. The van der Waals surface area contributed by atoms with Crippen LogP contribution in [-0.2, 0) is 18.3 Å². The van der Waals surface area contributed by atoms with Gasteiger partial charge in [0.25, 0.3) is 0 Å². The molecule has 2 heterocycles. The summed E-state index contributed by atoms with van der Waals surface area (Å²) >= 11 is 0. The molecular weight excluding hydrogens is 342 g/mol. The van der Waals surface area contributed by atoms with E-state index in [9.17, 15) is 9.59 Å². The summed E-state index contributed by atoms with van der Waals surface area (Å²) < 4.78 is 2.05. The van der Waals surface area contributed by atoms with Crippen molar-refractivity contribution in [3.63, 3.8) is 0 Å². The molecule has 0 bridgehead atoms. The van der Waals surface area contributed by atoms with Gasteiger partial charge < -0.3 is 19.7 Å². The van der Waals surface area contributed by atoms with Crippen LogP contribution in [0.4, 0.5) is 4.79 Å². The van der Waals surface area contributed by atoms with Gasteiger partial charge in [0.05, 0.1) is 17.5 Å². The zero-order chi connectivity index (χ0) is 19.4. The standard InChI is InChI=1S/C20H29N5O2/c1-4-8-21-20(27)25-10-5-9-24(11-12-25)19(26)14-16-6-7-18-17(13-16)22-15(2)23(18)3/h6-7,13H,4-5,8-12,14H2,1-3H3,(H,21,27). The second kappa shape index (κ2) is 8.41. The molecule has 1 aromatic heterocycles. The summed E-state index contributed by atoms with van der Waals surface area (Å²) in [6, 6.07) is 6.01. The van der Waals surface area contributed by atoms with Gasteiger partial charge in [0.2, 0.25) is 5.91 Å². The number of carbonyl (C=O) groups is 2. The summed E-state index contributed by atoms with van der Waals surface area (Å²) in [7, 11) is 2.00. The first-order valence-corrected chi connectivity index (χ1v) is 9.72. The maximum absolute atomic E-state index is 12.8. The molecule has 27 heavy (non-hydrogen) atoms. The number of aromatic nitrogens is 2. The Labute approximate surface area is 160 Å². The number of benzene rings is 1. The lowest BCUT2D eigenvalue weighted by Crippen LogP contribution is -2.43. The molecule has 0 spiro atoms. The monoisotopic (exact) mass is 371 g/mol. The van der Waals surface area contributed by atoms with Gasteiger partial charge >= 0.3 is 6.03 Å². The van der Waals surface area contributed by atoms with Crippen molar-refractivity contribution >= 4 is 23.0 Å². The van der Waals surface area contributed by atoms with Gasteiger partial charge in [-0.25, -0.2) is 9.78 Å². The largest absolute Gasteiger partial charge is 0.341 e. The first kappa shape index (κ1) is 19.2. The third kappa shape index (κ3) is 4.40. The van der Waals surface area contributed by atoms with E-state index < -0.39 is 0 Å². The molecule has 1 fully saturated rings. The summed E-state index contributed by atoms with van der Waals surface area (Å²) in [5, 5.41) is 2.91. The molecule has 0 saturated carbocycles. The molecule has 0 aliphatic carbocycles. The zero-order valence-electron chi connectivity index (χ0n) is 16.5. The van der Waals surface area contributed by atoms with E-state index in [1.54, 1.807) is 0 Å². The molecule has 3 rings (SSSR count). The summed E-state index contributed by atoms with van der Waals surface area (Å²) in [4.78, 5) is 33.1. The number of rotatable bonds is 4. The molecule has 146 valence electrons. The van der Waals surface area contributed by atoms with Gasteiger partial charge in [-0.3, -0.25) is 4.79 Å². The number of hydrogen-bond acceptors (Lipinski definition) is 3. The van der Waals surface area contributed by atoms with Crippen LogP contribution in [0.5, 0.6) is 0 Å². The lowest BCUT2D eigenvalue weighted by Gasteiger charge is -2.22. The molecule has 3 amide bonds. The Morgan fingerprint density at radius 3 is 2.67 bits per heavy atom. The van der Waals surface area contributed by atoms with E-state index in [4.69, 9.17) is 0 Å². The summed E-state index contributed by atoms with van der Waals surface area (Å²) in [6.07, 6.45) is 2.10. The molecule has 0 atom stereocenters. The van der Waals surface area contributed by atoms with Crippen LogP contribution in [0.15, 0.2) is 18.2 Å². The molecule has 0 unspecified atom stereocenters. The van der Waals surface area contributed by atoms with Crippen LogP contribution in [0.2, 0.25) is 0 Å². The van der Waals surface area contributed by atoms with Gasteiger partial charge in [-0.2, -0.15) is 0 Å². The van der Waals surface area contributed by atoms with Gasteiger partial charge in [-0.1, -0.05) is 13.0 Å². The summed E-state index contributed by atoms with van der Waals surface area (Å²) in [5.74, 6) is 1.07. The minimum atomic E-state index is -0.0258. The van der Waals surface area contributed by atoms with Crippen molar-refractivity contribution in [3.8, 4) is 0 Å². The Hall–Kier alpha value is -2.57. The Kier molecular flexibility index (Phi) is 5.98. The van der Waals surface area contributed by atoms with Crippen molar-refractivity contribution in [2.75, 3.05) is 32.7 Å². The first-order chi connectivity index (χ1) is 13.0. The normalized spacial score (nSPS) is 15.1. The van der Waals surface area contributed by atoms with Gasteiger partial charge in [-0.15, -0.1) is 0 Å². The van der Waals surface area contributed by atoms with Crippen LogP contribution < -0.4 is 5.32 Å². The highest BCUT2D eigenvalue weighted by atomic mass is 16.2. The summed E-state index contributed by atoms with van der Waals surface area (Å²) in [5.41, 5.74) is 2.98. The van der Waals surface area contributed by atoms with E-state index in [0.717, 1.165) is 35.3 Å². The molecule has 7 nitrogen and oxygen atoms in total. The number of fused-ring (bicyclic) bond motifs is 1. The van der Waals surface area contributed by atoms with Crippen molar-refractivity contribution in [2.45, 2.75) is 33.1 Å². The van der Waals surface area contributed by atoms with Crippen molar-refractivity contribution in [2.24, 2.45) is 7.05 Å². The number of aryl methyl sites for hydroxylation is 2. The SMILES string of the molecule is CCCNC(=O)N1CCCN(C(=O)Cc2ccc3c(c2)nc(C)n3C)CC1. The van der Waals surface area contributed by atoms with E-state index in [0.29, 0.717) is 39.1 Å². The Morgan fingerprint density at radius 1 is 1.15 bits per heavy atom. The number of amides is 3. The van der Waals surface area contributed by atoms with Crippen LogP contribution in [0.25, 0.3) is 11.0 Å². The Balaban J connectivity index is 1.60. The minimum Gasteiger partial charge on any atom is -0.341 e. The fourth-order valence-corrected chi connectivity index (χ4v) is 3.48. The smallest absolute Gasteiger partial charge is 0.317 e. The number of urea groups is 1. The highest BCUT2D eigenvalue weighted by Gasteiger charge is 2.22. The number of carbonyl (C=O) groups excluding carboxylic acids is 2. The van der Waals surface area contributed by atoms with E-state index in [-0.39, 0.29) is 11.9 Å². The molecule has 2 aromatic rings. The van der Waals surface area contributed by atoms with Crippen molar-refractivity contribution in [3.05, 3.63) is 29.6 Å².